The van der Waals surface area contributed by atoms with Crippen molar-refractivity contribution in [1.82, 2.24) is 15.5 Å². The number of halogens is 3. The lowest BCUT2D eigenvalue weighted by molar-refractivity contribution is -0.147. The first kappa shape index (κ1) is 25.0. The van der Waals surface area contributed by atoms with E-state index in [-0.39, 0.29) is 30.4 Å². The number of rotatable bonds is 5. The van der Waals surface area contributed by atoms with Crippen molar-refractivity contribution in [1.29, 1.82) is 0 Å². The number of hydrogen-bond donors (Lipinski definition) is 2. The van der Waals surface area contributed by atoms with Gasteiger partial charge in [-0.15, -0.1) is 0 Å². The summed E-state index contributed by atoms with van der Waals surface area (Å²) in [6, 6.07) is 9.52. The highest BCUT2D eigenvalue weighted by molar-refractivity contribution is 6.53. The SMILES string of the molecule is BC1(B)C[C@@](B)(N2Cc3cc(CNC(=O)C(F)(F)c4ccc(Cl)cc4)ccc3C2=O)C(=O)NC1=O. The van der Waals surface area contributed by atoms with E-state index in [0.717, 1.165) is 12.1 Å². The molecule has 2 aliphatic heterocycles. The molecule has 1 saturated heterocycles. The van der Waals surface area contributed by atoms with Crippen LogP contribution in [-0.4, -0.2) is 57.5 Å². The van der Waals surface area contributed by atoms with Gasteiger partial charge in [0.25, 0.3) is 11.8 Å². The minimum atomic E-state index is -3.75. The summed E-state index contributed by atoms with van der Waals surface area (Å²) in [6.45, 7) is -0.0617. The quantitative estimate of drug-likeness (QED) is 0.429. The molecule has 0 radical (unpaired) electrons. The zero-order chi connectivity index (χ0) is 25.8. The van der Waals surface area contributed by atoms with E-state index in [1.165, 1.54) is 17.0 Å². The van der Waals surface area contributed by atoms with Crippen LogP contribution in [0.15, 0.2) is 42.5 Å². The number of benzene rings is 2. The standard InChI is InChI=1S/C22H21B3ClF2N3O4/c23-20(24)10-21(25,18(34)30-17(20)33)31-9-12-7-11(1-6-15(12)16(31)32)8-29-19(35)22(27,28)13-2-4-14(26)5-3-13/h1-7H,8-10,23-25H2,(H,29,35)(H,30,33,34)/t21-/m1/s1. The first-order chi connectivity index (χ1) is 16.3. The molecule has 0 spiro atoms. The lowest BCUT2D eigenvalue weighted by Crippen LogP contribution is -2.67. The number of carbonyl (C=O) groups excluding carboxylic acids is 4. The minimum Gasteiger partial charge on any atom is -0.346 e. The maximum absolute atomic E-state index is 14.5. The van der Waals surface area contributed by atoms with Gasteiger partial charge in [-0.3, -0.25) is 24.5 Å². The molecule has 0 bridgehead atoms. The fourth-order valence-corrected chi connectivity index (χ4v) is 4.74. The van der Waals surface area contributed by atoms with E-state index in [0.29, 0.717) is 16.7 Å². The molecule has 2 heterocycles. The molecule has 4 amide bonds. The number of imide groups is 1. The molecular formula is C22H21B3ClF2N3O4. The Morgan fingerprint density at radius 1 is 1.09 bits per heavy atom. The number of alkyl halides is 2. The van der Waals surface area contributed by atoms with Crippen LogP contribution in [0.4, 0.5) is 8.78 Å². The number of nitrogens with one attached hydrogen (secondary N) is 2. The van der Waals surface area contributed by atoms with Gasteiger partial charge in [0.05, 0.1) is 5.44 Å². The number of fused-ring (bicyclic) bond motifs is 1. The van der Waals surface area contributed by atoms with Crippen molar-refractivity contribution in [3.8, 4) is 0 Å². The van der Waals surface area contributed by atoms with E-state index in [2.05, 4.69) is 10.6 Å². The molecule has 1 atom stereocenters. The smallest absolute Gasteiger partial charge is 0.346 e. The second-order valence-electron chi connectivity index (χ2n) is 9.76. The van der Waals surface area contributed by atoms with Gasteiger partial charge in [-0.1, -0.05) is 35.9 Å². The summed E-state index contributed by atoms with van der Waals surface area (Å²) in [6.07, 6.45) is 0.160. The van der Waals surface area contributed by atoms with E-state index >= 15 is 0 Å². The maximum atomic E-state index is 14.5. The van der Waals surface area contributed by atoms with Crippen LogP contribution in [0.3, 0.4) is 0 Å². The highest BCUT2D eigenvalue weighted by Gasteiger charge is 2.53. The zero-order valence-corrected chi connectivity index (χ0v) is 20.1. The highest BCUT2D eigenvalue weighted by Crippen LogP contribution is 2.39. The highest BCUT2D eigenvalue weighted by atomic mass is 35.5. The fraction of sp³-hybridized carbons (Fsp3) is 0.273. The van der Waals surface area contributed by atoms with E-state index in [4.69, 9.17) is 11.6 Å². The molecular weight excluding hydrogens is 476 g/mol. The third-order valence-corrected chi connectivity index (χ3v) is 6.88. The lowest BCUT2D eigenvalue weighted by atomic mass is 9.45. The van der Waals surface area contributed by atoms with Crippen molar-refractivity contribution >= 4 is 58.8 Å². The van der Waals surface area contributed by atoms with Gasteiger partial charge in [0.1, 0.15) is 23.5 Å². The van der Waals surface area contributed by atoms with Gasteiger partial charge in [0.15, 0.2) is 0 Å². The summed E-state index contributed by atoms with van der Waals surface area (Å²) in [5, 5.41) is 4.03. The van der Waals surface area contributed by atoms with Crippen LogP contribution in [0.25, 0.3) is 0 Å². The molecule has 2 aromatic rings. The van der Waals surface area contributed by atoms with Crippen LogP contribution >= 0.6 is 11.6 Å². The average Bonchev–Trinajstić information content (AvgIpc) is 3.12. The number of carbonyl (C=O) groups is 4. The van der Waals surface area contributed by atoms with Crippen molar-refractivity contribution < 1.29 is 28.0 Å². The van der Waals surface area contributed by atoms with Crippen LogP contribution in [-0.2, 0) is 33.4 Å². The summed E-state index contributed by atoms with van der Waals surface area (Å²) in [7, 11) is 5.04. The van der Waals surface area contributed by atoms with Crippen LogP contribution in [0, 0.1) is 0 Å². The van der Waals surface area contributed by atoms with Crippen molar-refractivity contribution in [2.45, 2.75) is 36.1 Å². The molecule has 1 fully saturated rings. The van der Waals surface area contributed by atoms with Crippen molar-refractivity contribution in [3.05, 3.63) is 69.7 Å². The topological polar surface area (TPSA) is 95.6 Å². The molecule has 4 rings (SSSR count). The Morgan fingerprint density at radius 2 is 1.74 bits per heavy atom. The monoisotopic (exact) mass is 497 g/mol. The molecule has 0 aromatic heterocycles. The Hall–Kier alpha value is -3.14. The number of nitrogens with zero attached hydrogens (tertiary/aromatic N) is 1. The van der Waals surface area contributed by atoms with E-state index in [1.807, 2.05) is 0 Å². The molecule has 2 aliphatic rings. The average molecular weight is 497 g/mol. The summed E-state index contributed by atoms with van der Waals surface area (Å²) < 4.78 is 29.0. The summed E-state index contributed by atoms with van der Waals surface area (Å²) in [5.41, 5.74) is -0.199. The molecule has 7 nitrogen and oxygen atoms in total. The van der Waals surface area contributed by atoms with Gasteiger partial charge >= 0.3 is 5.92 Å². The van der Waals surface area contributed by atoms with Gasteiger partial charge in [0.2, 0.25) is 11.8 Å². The number of hydrogen-bond acceptors (Lipinski definition) is 4. The van der Waals surface area contributed by atoms with Crippen molar-refractivity contribution in [2.24, 2.45) is 0 Å². The second kappa shape index (κ2) is 8.51. The van der Waals surface area contributed by atoms with E-state index in [9.17, 15) is 28.0 Å². The summed E-state index contributed by atoms with van der Waals surface area (Å²) in [4.78, 5) is 51.6. The van der Waals surface area contributed by atoms with E-state index in [1.54, 1.807) is 41.7 Å². The molecule has 2 N–H and O–H groups in total. The van der Waals surface area contributed by atoms with Gasteiger partial charge in [0, 0.05) is 29.2 Å². The molecule has 0 saturated carbocycles. The molecule has 2 aromatic carbocycles. The first-order valence-corrected chi connectivity index (χ1v) is 11.4. The largest absolute Gasteiger partial charge is 0.349 e. The van der Waals surface area contributed by atoms with Crippen LogP contribution < -0.4 is 10.6 Å². The van der Waals surface area contributed by atoms with Crippen LogP contribution in [0.1, 0.15) is 33.5 Å². The summed E-state index contributed by atoms with van der Waals surface area (Å²) in [5.74, 6) is -6.50. The maximum Gasteiger partial charge on any atom is 0.349 e. The normalized spacial score (nSPS) is 21.5. The Balaban J connectivity index is 1.49. The Bertz CT molecular complexity index is 1260. The van der Waals surface area contributed by atoms with Gasteiger partial charge in [-0.05, 0) is 41.0 Å². The van der Waals surface area contributed by atoms with Crippen LogP contribution in [0.2, 0.25) is 10.2 Å². The third-order valence-electron chi connectivity index (χ3n) is 6.63. The molecule has 178 valence electrons. The predicted octanol–water partition coefficient (Wildman–Crippen LogP) is -0.538. The Labute approximate surface area is 208 Å². The molecule has 0 aliphatic carbocycles. The van der Waals surface area contributed by atoms with Gasteiger partial charge < -0.3 is 10.2 Å². The van der Waals surface area contributed by atoms with Crippen molar-refractivity contribution in [3.63, 3.8) is 0 Å². The lowest BCUT2D eigenvalue weighted by Gasteiger charge is -2.46. The fourth-order valence-electron chi connectivity index (χ4n) is 4.61. The van der Waals surface area contributed by atoms with Crippen LogP contribution in [0.5, 0.6) is 0 Å². The molecule has 13 heteroatoms. The zero-order valence-electron chi connectivity index (χ0n) is 19.4. The second-order valence-corrected chi connectivity index (χ2v) is 10.2. The third kappa shape index (κ3) is 4.35. The Kier molecular flexibility index (Phi) is 6.07. The minimum absolute atomic E-state index is 0.116. The number of piperidine rings is 1. The predicted molar refractivity (Wildman–Crippen MR) is 132 cm³/mol. The van der Waals surface area contributed by atoms with Gasteiger partial charge in [-0.2, -0.15) is 8.78 Å². The summed E-state index contributed by atoms with van der Waals surface area (Å²) >= 11 is 5.73. The van der Waals surface area contributed by atoms with Gasteiger partial charge in [-0.25, -0.2) is 0 Å². The number of amides is 4. The van der Waals surface area contributed by atoms with Crippen molar-refractivity contribution in [2.75, 3.05) is 0 Å². The first-order valence-electron chi connectivity index (χ1n) is 11.0. The molecule has 35 heavy (non-hydrogen) atoms. The Morgan fingerprint density at radius 3 is 2.40 bits per heavy atom. The molecule has 0 unspecified atom stereocenters. The van der Waals surface area contributed by atoms with E-state index < -0.39 is 39.9 Å².